The van der Waals surface area contributed by atoms with Gasteiger partial charge < -0.3 is 48.9 Å². The van der Waals surface area contributed by atoms with Gasteiger partial charge in [0, 0.05) is 90.4 Å². The summed E-state index contributed by atoms with van der Waals surface area (Å²) in [6.45, 7) is 3.50. The molecule has 4 atom stereocenters. The fraction of sp³-hybridized carbons (Fsp3) is 0.409. The fourth-order valence-electron chi connectivity index (χ4n) is 7.70. The molecule has 0 bridgehead atoms. The van der Waals surface area contributed by atoms with E-state index in [2.05, 4.69) is 10.6 Å². The van der Waals surface area contributed by atoms with Crippen molar-refractivity contribution in [1.82, 2.24) is 19.8 Å². The number of pyridine rings is 2. The molecule has 0 spiro atoms. The molecule has 16 nitrogen and oxygen atoms in total. The third kappa shape index (κ3) is 9.64. The number of carbonyl (C=O) groups excluding carboxylic acids is 4. The Labute approximate surface area is 363 Å². The molecule has 0 unspecified atom stereocenters. The minimum absolute atomic E-state index is 0.0190. The highest BCUT2D eigenvalue weighted by atomic mass is 19.1. The molecule has 4 N–H and O–H groups in total. The van der Waals surface area contributed by atoms with Crippen LogP contribution in [0.4, 0.5) is 17.6 Å². The predicted molar refractivity (Wildman–Crippen MR) is 219 cm³/mol. The van der Waals surface area contributed by atoms with Gasteiger partial charge in [-0.1, -0.05) is 12.1 Å². The number of methoxy groups -OCH3 is 4. The molecule has 2 aromatic heterocycles. The van der Waals surface area contributed by atoms with Crippen molar-refractivity contribution >= 4 is 23.4 Å². The van der Waals surface area contributed by atoms with E-state index in [0.717, 1.165) is 12.1 Å². The number of nitrogens with one attached hydrogen (secondary N) is 2. The van der Waals surface area contributed by atoms with Crippen LogP contribution in [-0.4, -0.2) is 96.6 Å². The molecule has 0 saturated carbocycles. The fourth-order valence-corrected chi connectivity index (χ4v) is 7.70. The zero-order chi connectivity index (χ0) is 47.3. The number of aromatic hydroxyl groups is 2. The average Bonchev–Trinajstić information content (AvgIpc) is 3.26. The highest BCUT2D eigenvalue weighted by molar-refractivity contribution is 6.04. The number of aromatic nitrogens is 2. The maximum atomic E-state index is 13.8. The summed E-state index contributed by atoms with van der Waals surface area (Å²) in [5.41, 5.74) is -5.34. The normalized spacial score (nSPS) is 20.2. The molecule has 0 fully saturated rings. The monoisotopic (exact) mass is 900 g/mol. The maximum Gasteiger partial charge on any atom is 0.257 e. The number of hydrogen-bond acceptors (Lipinski definition) is 12. The Morgan fingerprint density at radius 2 is 1.02 bits per heavy atom. The standard InChI is InChI=1S/2C22H24F2N2O6/c2*1-22(6-7-31-2)16(32-3)11-26-10-14(18(27)19(28)17(26)20(22)29)21(30)25-9-12-4-5-13(23)8-15(12)24/h2*4-5,8,10,16,28H,6-7,9,11H2,1-3H3,(H,25,30)/t16-,22+;16-,22-/m00/s1. The summed E-state index contributed by atoms with van der Waals surface area (Å²) in [4.78, 5) is 77.0. The molecule has 6 rings (SSSR count). The number of carbonyl (C=O) groups is 4. The van der Waals surface area contributed by atoms with Gasteiger partial charge in [0.05, 0.1) is 36.1 Å². The first-order valence-electron chi connectivity index (χ1n) is 19.8. The van der Waals surface area contributed by atoms with Crippen molar-refractivity contribution in [2.24, 2.45) is 10.8 Å². The van der Waals surface area contributed by atoms with E-state index in [0.29, 0.717) is 25.0 Å². The lowest BCUT2D eigenvalue weighted by molar-refractivity contribution is -0.0264. The molecule has 0 saturated heterocycles. The summed E-state index contributed by atoms with van der Waals surface area (Å²) in [5, 5.41) is 25.8. The van der Waals surface area contributed by atoms with Crippen LogP contribution in [0.5, 0.6) is 11.5 Å². The van der Waals surface area contributed by atoms with Gasteiger partial charge in [0.1, 0.15) is 45.8 Å². The number of Topliss-reactive ketones (excluding diaryl/α,β-unsaturated/α-hetero) is 2. The number of hydrogen-bond donors (Lipinski definition) is 4. The highest BCUT2D eigenvalue weighted by Gasteiger charge is 2.49. The largest absolute Gasteiger partial charge is 0.503 e. The molecule has 4 aromatic rings. The van der Waals surface area contributed by atoms with Crippen molar-refractivity contribution < 1.29 is 65.9 Å². The minimum Gasteiger partial charge on any atom is -0.503 e. The molecule has 64 heavy (non-hydrogen) atoms. The van der Waals surface area contributed by atoms with Crippen molar-refractivity contribution in [3.63, 3.8) is 0 Å². The smallest absolute Gasteiger partial charge is 0.257 e. The number of fused-ring (bicyclic) bond motifs is 2. The highest BCUT2D eigenvalue weighted by Crippen LogP contribution is 2.40. The lowest BCUT2D eigenvalue weighted by Gasteiger charge is -2.40. The first-order chi connectivity index (χ1) is 30.3. The van der Waals surface area contributed by atoms with Crippen molar-refractivity contribution in [1.29, 1.82) is 0 Å². The van der Waals surface area contributed by atoms with Crippen LogP contribution in [0.2, 0.25) is 0 Å². The summed E-state index contributed by atoms with van der Waals surface area (Å²) in [6.07, 6.45) is 1.77. The molecule has 2 aliphatic rings. The SMILES string of the molecule is COCC[C@@]1(C)C(=O)c2c(O)c(=O)c(C(=O)NCc3ccc(F)cc3F)cn2C[C@@H]1OC.COCC[C@]1(C)C(=O)c2c(O)c(=O)c(C(=O)NCc3ccc(F)cc3F)cn2C[C@@H]1OC. The van der Waals surface area contributed by atoms with Gasteiger partial charge in [-0.15, -0.1) is 0 Å². The van der Waals surface area contributed by atoms with Crippen LogP contribution < -0.4 is 21.5 Å². The van der Waals surface area contributed by atoms with E-state index in [4.69, 9.17) is 18.9 Å². The minimum atomic E-state index is -1.04. The van der Waals surface area contributed by atoms with Crippen LogP contribution in [0.15, 0.2) is 58.4 Å². The number of ketones is 2. The summed E-state index contributed by atoms with van der Waals surface area (Å²) in [5.74, 6) is -7.64. The zero-order valence-corrected chi connectivity index (χ0v) is 35.8. The van der Waals surface area contributed by atoms with Crippen LogP contribution in [0.1, 0.15) is 79.5 Å². The molecular formula is C44H48F4N4O12. The van der Waals surface area contributed by atoms with Gasteiger partial charge in [-0.05, 0) is 38.8 Å². The van der Waals surface area contributed by atoms with Crippen LogP contribution in [0.25, 0.3) is 0 Å². The predicted octanol–water partition coefficient (Wildman–Crippen LogP) is 4.03. The third-order valence-corrected chi connectivity index (χ3v) is 11.7. The number of rotatable bonds is 14. The van der Waals surface area contributed by atoms with E-state index in [1.54, 1.807) is 13.8 Å². The molecule has 4 heterocycles. The molecule has 2 aliphatic heterocycles. The Morgan fingerprint density at radius 1 is 0.656 bits per heavy atom. The first-order valence-corrected chi connectivity index (χ1v) is 19.8. The number of nitrogens with zero attached hydrogens (tertiary/aromatic N) is 2. The first kappa shape index (κ1) is 48.8. The van der Waals surface area contributed by atoms with Gasteiger partial charge in [-0.3, -0.25) is 28.8 Å². The van der Waals surface area contributed by atoms with Crippen LogP contribution >= 0.6 is 0 Å². The Bertz CT molecular complexity index is 2410. The van der Waals surface area contributed by atoms with Crippen LogP contribution in [0, 0.1) is 34.1 Å². The van der Waals surface area contributed by atoms with E-state index in [-0.39, 0.29) is 61.9 Å². The second-order valence-corrected chi connectivity index (χ2v) is 15.7. The Balaban J connectivity index is 0.000000241. The Morgan fingerprint density at radius 3 is 1.33 bits per heavy atom. The van der Waals surface area contributed by atoms with E-state index in [1.807, 2.05) is 0 Å². The number of amides is 2. The third-order valence-electron chi connectivity index (χ3n) is 11.7. The van der Waals surface area contributed by atoms with Crippen LogP contribution in [0.3, 0.4) is 0 Å². The van der Waals surface area contributed by atoms with E-state index in [1.165, 1.54) is 62.1 Å². The Kier molecular flexibility index (Phi) is 15.3. The Hall–Kier alpha value is -6.22. The zero-order valence-electron chi connectivity index (χ0n) is 35.8. The molecule has 20 heteroatoms. The lowest BCUT2D eigenvalue weighted by Crippen LogP contribution is -2.50. The van der Waals surface area contributed by atoms with Crippen molar-refractivity contribution in [3.8, 4) is 11.5 Å². The average molecular weight is 901 g/mol. The van der Waals surface area contributed by atoms with Gasteiger partial charge in [-0.25, -0.2) is 17.6 Å². The van der Waals surface area contributed by atoms with Crippen molar-refractivity contribution in [3.05, 3.63) is 126 Å². The molecule has 0 radical (unpaired) electrons. The quantitative estimate of drug-likeness (QED) is 0.132. The molecule has 2 aromatic carbocycles. The van der Waals surface area contributed by atoms with E-state index in [9.17, 15) is 56.5 Å². The topological polar surface area (TPSA) is 214 Å². The van der Waals surface area contributed by atoms with Gasteiger partial charge in [0.15, 0.2) is 23.1 Å². The number of benzene rings is 2. The number of halogens is 4. The van der Waals surface area contributed by atoms with E-state index < -0.39 is 103 Å². The molecule has 0 aliphatic carbocycles. The van der Waals surface area contributed by atoms with Gasteiger partial charge in [-0.2, -0.15) is 0 Å². The van der Waals surface area contributed by atoms with Crippen molar-refractivity contribution in [2.45, 2.75) is 65.1 Å². The maximum absolute atomic E-state index is 13.8. The van der Waals surface area contributed by atoms with Crippen molar-refractivity contribution in [2.75, 3.05) is 41.7 Å². The summed E-state index contributed by atoms with van der Waals surface area (Å²) >= 11 is 0. The van der Waals surface area contributed by atoms with Gasteiger partial charge in [0.2, 0.25) is 10.9 Å². The molecular weight excluding hydrogens is 852 g/mol. The lowest BCUT2D eigenvalue weighted by atomic mass is 9.73. The summed E-state index contributed by atoms with van der Waals surface area (Å²) in [6, 6.07) is 5.79. The van der Waals surface area contributed by atoms with Gasteiger partial charge in [0.25, 0.3) is 11.8 Å². The second-order valence-electron chi connectivity index (χ2n) is 15.7. The second kappa shape index (κ2) is 20.1. The van der Waals surface area contributed by atoms with E-state index >= 15 is 0 Å². The summed E-state index contributed by atoms with van der Waals surface area (Å²) < 4.78 is 77.5. The number of ether oxygens (including phenoxy) is 4. The molecule has 2 amide bonds. The summed E-state index contributed by atoms with van der Waals surface area (Å²) in [7, 11) is 5.89. The van der Waals surface area contributed by atoms with Gasteiger partial charge >= 0.3 is 0 Å². The van der Waals surface area contributed by atoms with Crippen LogP contribution in [-0.2, 0) is 45.1 Å². The molecule has 344 valence electrons.